The van der Waals surface area contributed by atoms with Gasteiger partial charge in [0, 0.05) is 0 Å². The van der Waals surface area contributed by atoms with Crippen molar-refractivity contribution in [1.82, 2.24) is 5.17 Å². The maximum atomic E-state index is 5.14. The number of nitrogens with zero attached hydrogens (tertiary/aromatic N) is 2. The second kappa shape index (κ2) is 5.13. The highest BCUT2D eigenvalue weighted by molar-refractivity contribution is 5.58. The van der Waals surface area contributed by atoms with Crippen LogP contribution >= 0.6 is 0 Å². The molecule has 0 spiro atoms. The molecule has 0 N–H and O–H groups in total. The van der Waals surface area contributed by atoms with Crippen LogP contribution in [-0.2, 0) is 4.84 Å². The predicted octanol–water partition coefficient (Wildman–Crippen LogP) is 1.80. The zero-order valence-corrected chi connectivity index (χ0v) is 7.12. The van der Waals surface area contributed by atoms with Crippen molar-refractivity contribution in [3.05, 3.63) is 0 Å². The Morgan fingerprint density at radius 1 is 1.45 bits per heavy atom. The fourth-order valence-corrected chi connectivity index (χ4v) is 1.07. The van der Waals surface area contributed by atoms with Gasteiger partial charge in [-0.05, 0) is 6.42 Å². The normalized spacial score (nSPS) is 16.3. The summed E-state index contributed by atoms with van der Waals surface area (Å²) in [7, 11) is 0. The first-order valence-corrected chi connectivity index (χ1v) is 4.36. The van der Waals surface area contributed by atoms with Crippen molar-refractivity contribution in [2.24, 2.45) is 5.10 Å². The van der Waals surface area contributed by atoms with Crippen molar-refractivity contribution in [2.75, 3.05) is 13.2 Å². The summed E-state index contributed by atoms with van der Waals surface area (Å²) in [6.07, 6.45) is 6.86. The van der Waals surface area contributed by atoms with Gasteiger partial charge in [-0.15, -0.1) is 0 Å². The monoisotopic (exact) mass is 156 g/mol. The molecule has 3 nitrogen and oxygen atoms in total. The molecule has 0 saturated carbocycles. The molecule has 0 saturated heterocycles. The third-order valence-electron chi connectivity index (χ3n) is 1.71. The van der Waals surface area contributed by atoms with Crippen LogP contribution in [0.25, 0.3) is 0 Å². The fourth-order valence-electron chi connectivity index (χ4n) is 1.07. The lowest BCUT2D eigenvalue weighted by atomic mass is 10.2. The average Bonchev–Trinajstić information content (AvgIpc) is 2.50. The van der Waals surface area contributed by atoms with Crippen LogP contribution in [0.4, 0.5) is 0 Å². The first-order chi connectivity index (χ1) is 5.43. The van der Waals surface area contributed by atoms with Crippen LogP contribution in [-0.4, -0.2) is 24.5 Å². The Kier molecular flexibility index (Phi) is 3.98. The molecule has 0 aromatic rings. The molecule has 11 heavy (non-hydrogen) atoms. The number of unbranched alkanes of at least 4 members (excludes halogenated alkanes) is 3. The van der Waals surface area contributed by atoms with Crippen molar-refractivity contribution < 1.29 is 4.84 Å². The van der Waals surface area contributed by atoms with E-state index < -0.39 is 0 Å². The molecular formula is C8H16N2O. The van der Waals surface area contributed by atoms with Crippen molar-refractivity contribution in [3.8, 4) is 0 Å². The third kappa shape index (κ3) is 3.37. The molecule has 0 aromatic carbocycles. The van der Waals surface area contributed by atoms with E-state index in [1.807, 2.05) is 0 Å². The number of hydrazone groups is 1. The molecule has 64 valence electrons. The lowest BCUT2D eigenvalue weighted by Crippen LogP contribution is -2.14. The van der Waals surface area contributed by atoms with E-state index in [1.54, 1.807) is 11.4 Å². The Hall–Kier alpha value is -0.570. The summed E-state index contributed by atoms with van der Waals surface area (Å²) in [4.78, 5) is 5.14. The van der Waals surface area contributed by atoms with Crippen LogP contribution in [0.15, 0.2) is 5.10 Å². The molecule has 1 heterocycles. The largest absolute Gasteiger partial charge is 0.251 e. The summed E-state index contributed by atoms with van der Waals surface area (Å²) in [5.41, 5.74) is 0. The van der Waals surface area contributed by atoms with Gasteiger partial charge in [-0.1, -0.05) is 26.2 Å². The van der Waals surface area contributed by atoms with Crippen molar-refractivity contribution in [1.29, 1.82) is 0 Å². The minimum absolute atomic E-state index is 0.647. The van der Waals surface area contributed by atoms with Crippen molar-refractivity contribution >= 4 is 6.21 Å². The molecule has 1 aliphatic heterocycles. The van der Waals surface area contributed by atoms with E-state index in [2.05, 4.69) is 12.0 Å². The lowest BCUT2D eigenvalue weighted by Gasteiger charge is -2.10. The average molecular weight is 156 g/mol. The topological polar surface area (TPSA) is 24.8 Å². The first-order valence-electron chi connectivity index (χ1n) is 4.36. The Bertz CT molecular complexity index is 125. The quantitative estimate of drug-likeness (QED) is 0.567. The van der Waals surface area contributed by atoms with Gasteiger partial charge in [0.25, 0.3) is 0 Å². The second-order valence-corrected chi connectivity index (χ2v) is 2.73. The summed E-state index contributed by atoms with van der Waals surface area (Å²) < 4.78 is 0. The van der Waals surface area contributed by atoms with Gasteiger partial charge >= 0.3 is 0 Å². The molecule has 3 heteroatoms. The van der Waals surface area contributed by atoms with E-state index in [0.29, 0.717) is 6.61 Å². The Morgan fingerprint density at radius 2 is 2.36 bits per heavy atom. The number of hydrogen-bond donors (Lipinski definition) is 0. The molecule has 0 unspecified atom stereocenters. The Balaban J connectivity index is 1.90. The molecule has 0 amide bonds. The van der Waals surface area contributed by atoms with Crippen molar-refractivity contribution in [2.45, 2.75) is 32.6 Å². The maximum Gasteiger partial charge on any atom is 0.114 e. The highest BCUT2D eigenvalue weighted by Crippen LogP contribution is 2.03. The second-order valence-electron chi connectivity index (χ2n) is 2.73. The Morgan fingerprint density at radius 3 is 3.00 bits per heavy atom. The first kappa shape index (κ1) is 8.53. The fraction of sp³-hybridized carbons (Fsp3) is 0.875. The molecule has 0 aliphatic carbocycles. The van der Waals surface area contributed by atoms with E-state index in [9.17, 15) is 0 Å². The van der Waals surface area contributed by atoms with Crippen molar-refractivity contribution in [3.63, 3.8) is 0 Å². The molecule has 1 aliphatic rings. The summed E-state index contributed by atoms with van der Waals surface area (Å²) in [6, 6.07) is 0. The minimum atomic E-state index is 0.647. The van der Waals surface area contributed by atoms with E-state index in [4.69, 9.17) is 4.84 Å². The van der Waals surface area contributed by atoms with Crippen LogP contribution in [0.2, 0.25) is 0 Å². The molecule has 1 rings (SSSR count). The standard InChI is InChI=1S/C8H16N2O/c1-2-3-4-5-7-10-9-6-8-11-10/h6H,2-5,7-8H2,1H3. The molecule has 0 bridgehead atoms. The van der Waals surface area contributed by atoms with E-state index in [0.717, 1.165) is 6.54 Å². The molecule has 0 radical (unpaired) electrons. The van der Waals surface area contributed by atoms with Gasteiger partial charge in [-0.3, -0.25) is 4.84 Å². The summed E-state index contributed by atoms with van der Waals surface area (Å²) in [5.74, 6) is 0. The molecule has 0 atom stereocenters. The minimum Gasteiger partial charge on any atom is -0.251 e. The van der Waals surface area contributed by atoms with E-state index in [-0.39, 0.29) is 0 Å². The third-order valence-corrected chi connectivity index (χ3v) is 1.71. The van der Waals surface area contributed by atoms with Crippen LogP contribution in [0.5, 0.6) is 0 Å². The Labute approximate surface area is 68.0 Å². The summed E-state index contributed by atoms with van der Waals surface area (Å²) in [6.45, 7) is 3.80. The van der Waals surface area contributed by atoms with Gasteiger partial charge in [0.05, 0.1) is 12.8 Å². The molecular weight excluding hydrogens is 140 g/mol. The molecule has 0 fully saturated rings. The van der Waals surface area contributed by atoms with Crippen LogP contribution in [0.3, 0.4) is 0 Å². The highest BCUT2D eigenvalue weighted by atomic mass is 16.7. The number of rotatable bonds is 5. The smallest absolute Gasteiger partial charge is 0.114 e. The van der Waals surface area contributed by atoms with E-state index in [1.165, 1.54) is 25.7 Å². The summed E-state index contributed by atoms with van der Waals surface area (Å²) >= 11 is 0. The number of hydrogen-bond acceptors (Lipinski definition) is 3. The lowest BCUT2D eigenvalue weighted by molar-refractivity contribution is -0.126. The van der Waals surface area contributed by atoms with Gasteiger partial charge in [0.1, 0.15) is 6.61 Å². The highest BCUT2D eigenvalue weighted by Gasteiger charge is 2.04. The zero-order valence-electron chi connectivity index (χ0n) is 7.12. The number of hydroxylamine groups is 1. The van der Waals surface area contributed by atoms with Gasteiger partial charge in [-0.2, -0.15) is 10.3 Å². The SMILES string of the molecule is CCCCCCN1N=CCO1. The predicted molar refractivity (Wildman–Crippen MR) is 45.3 cm³/mol. The molecule has 0 aromatic heterocycles. The van der Waals surface area contributed by atoms with Gasteiger partial charge in [0.2, 0.25) is 0 Å². The van der Waals surface area contributed by atoms with Crippen LogP contribution in [0.1, 0.15) is 32.6 Å². The van der Waals surface area contributed by atoms with E-state index >= 15 is 0 Å². The van der Waals surface area contributed by atoms with Gasteiger partial charge < -0.3 is 0 Å². The van der Waals surface area contributed by atoms with Gasteiger partial charge in [0.15, 0.2) is 0 Å². The van der Waals surface area contributed by atoms with Gasteiger partial charge in [-0.25, -0.2) is 0 Å². The maximum absolute atomic E-state index is 5.14. The zero-order chi connectivity index (χ0) is 7.94. The van der Waals surface area contributed by atoms with Crippen LogP contribution in [0, 0.1) is 0 Å². The van der Waals surface area contributed by atoms with Crippen LogP contribution < -0.4 is 0 Å². The summed E-state index contributed by atoms with van der Waals surface area (Å²) in [5, 5.41) is 5.70.